The van der Waals surface area contributed by atoms with Crippen molar-refractivity contribution in [3.05, 3.63) is 41.6 Å². The maximum Gasteiger partial charge on any atom is 0.291 e. The van der Waals surface area contributed by atoms with Gasteiger partial charge in [-0.1, -0.05) is 0 Å². The van der Waals surface area contributed by atoms with Crippen molar-refractivity contribution in [3.63, 3.8) is 0 Å². The van der Waals surface area contributed by atoms with Crippen molar-refractivity contribution in [1.29, 1.82) is 0 Å². The number of aryl methyl sites for hydroxylation is 1. The van der Waals surface area contributed by atoms with Crippen LogP contribution in [0.2, 0.25) is 0 Å². The highest BCUT2D eigenvalue weighted by atomic mass is 16.3. The van der Waals surface area contributed by atoms with E-state index >= 15 is 0 Å². The van der Waals surface area contributed by atoms with E-state index in [0.717, 1.165) is 5.69 Å². The number of amides is 1. The number of aromatic nitrogens is 2. The summed E-state index contributed by atoms with van der Waals surface area (Å²) in [5.41, 5.74) is 4.13. The van der Waals surface area contributed by atoms with Crippen LogP contribution >= 0.6 is 0 Å². The smallest absolute Gasteiger partial charge is 0.291 e. The van der Waals surface area contributed by atoms with E-state index in [2.05, 4.69) is 20.7 Å². The van der Waals surface area contributed by atoms with Gasteiger partial charge in [-0.3, -0.25) is 9.89 Å². The molecule has 2 rings (SSSR count). The van der Waals surface area contributed by atoms with E-state index in [4.69, 9.17) is 4.42 Å². The summed E-state index contributed by atoms with van der Waals surface area (Å²) in [5.74, 6) is 0.253. The molecular weight excluding hydrogens is 220 g/mol. The van der Waals surface area contributed by atoms with E-state index < -0.39 is 0 Å². The highest BCUT2D eigenvalue weighted by Crippen LogP contribution is 2.02. The predicted octanol–water partition coefficient (Wildman–Crippen LogP) is 1.47. The molecule has 2 aromatic rings. The molecule has 0 aliphatic carbocycles. The third-order valence-corrected chi connectivity index (χ3v) is 2.14. The number of furan rings is 1. The molecule has 17 heavy (non-hydrogen) atoms. The zero-order chi connectivity index (χ0) is 12.3. The number of H-pyrrole nitrogens is 1. The van der Waals surface area contributed by atoms with Crippen molar-refractivity contribution in [2.45, 2.75) is 13.8 Å². The molecule has 6 nitrogen and oxygen atoms in total. The number of hydrogen-bond acceptors (Lipinski definition) is 4. The molecule has 2 N–H and O–H groups in total. The fourth-order valence-electron chi connectivity index (χ4n) is 1.27. The lowest BCUT2D eigenvalue weighted by Crippen LogP contribution is -2.19. The summed E-state index contributed by atoms with van der Waals surface area (Å²) in [6, 6.07) is 5.17. The maximum absolute atomic E-state index is 11.6. The Labute approximate surface area is 97.7 Å². The summed E-state index contributed by atoms with van der Waals surface area (Å²) >= 11 is 0. The van der Waals surface area contributed by atoms with E-state index in [0.29, 0.717) is 17.2 Å². The third kappa shape index (κ3) is 2.60. The van der Waals surface area contributed by atoms with Crippen LogP contribution in [0.4, 0.5) is 0 Å². The van der Waals surface area contributed by atoms with Crippen LogP contribution in [0, 0.1) is 6.92 Å². The van der Waals surface area contributed by atoms with Gasteiger partial charge >= 0.3 is 0 Å². The molecular formula is C11H12N4O2. The molecule has 0 spiro atoms. The number of nitrogens with zero attached hydrogens (tertiary/aromatic N) is 2. The zero-order valence-corrected chi connectivity index (χ0v) is 9.52. The summed E-state index contributed by atoms with van der Waals surface area (Å²) in [4.78, 5) is 11.6. The first-order chi connectivity index (χ1) is 8.16. The molecule has 0 radical (unpaired) electrons. The van der Waals surface area contributed by atoms with Crippen LogP contribution in [-0.4, -0.2) is 21.8 Å². The third-order valence-electron chi connectivity index (χ3n) is 2.14. The number of carbonyl (C=O) groups excluding carboxylic acids is 1. The second kappa shape index (κ2) is 4.65. The Kier molecular flexibility index (Phi) is 3.04. The Balaban J connectivity index is 2.03. The van der Waals surface area contributed by atoms with Crippen molar-refractivity contribution < 1.29 is 9.21 Å². The van der Waals surface area contributed by atoms with Crippen LogP contribution in [0.5, 0.6) is 0 Å². The lowest BCUT2D eigenvalue weighted by Gasteiger charge is -1.97. The first-order valence-corrected chi connectivity index (χ1v) is 5.07. The minimum Gasteiger partial charge on any atom is -0.463 e. The average molecular weight is 232 g/mol. The molecule has 0 bridgehead atoms. The summed E-state index contributed by atoms with van der Waals surface area (Å²) in [6.07, 6.45) is 1.55. The second-order valence-electron chi connectivity index (χ2n) is 3.55. The van der Waals surface area contributed by atoms with Crippen LogP contribution in [-0.2, 0) is 0 Å². The number of aromatic amines is 1. The Bertz CT molecular complexity index is 540. The Morgan fingerprint density at radius 2 is 2.41 bits per heavy atom. The van der Waals surface area contributed by atoms with Gasteiger partial charge in [-0.15, -0.1) is 0 Å². The predicted molar refractivity (Wildman–Crippen MR) is 61.7 cm³/mol. The van der Waals surface area contributed by atoms with Gasteiger partial charge < -0.3 is 4.42 Å². The molecule has 0 fully saturated rings. The van der Waals surface area contributed by atoms with Crippen LogP contribution < -0.4 is 5.43 Å². The highest BCUT2D eigenvalue weighted by molar-refractivity contribution is 5.98. The molecule has 2 aromatic heterocycles. The van der Waals surface area contributed by atoms with Gasteiger partial charge in [0.25, 0.3) is 5.91 Å². The van der Waals surface area contributed by atoms with Gasteiger partial charge in [0.1, 0.15) is 11.5 Å². The first-order valence-electron chi connectivity index (χ1n) is 5.07. The van der Waals surface area contributed by atoms with Gasteiger partial charge in [-0.25, -0.2) is 5.43 Å². The number of carbonyl (C=O) groups is 1. The lowest BCUT2D eigenvalue weighted by molar-refractivity contribution is 0.0950. The normalized spacial score (nSPS) is 11.5. The van der Waals surface area contributed by atoms with Crippen molar-refractivity contribution in [1.82, 2.24) is 15.6 Å². The first kappa shape index (κ1) is 11.1. The largest absolute Gasteiger partial charge is 0.463 e. The van der Waals surface area contributed by atoms with Gasteiger partial charge in [-0.2, -0.15) is 10.2 Å². The number of hydrogen-bond donors (Lipinski definition) is 2. The molecule has 88 valence electrons. The van der Waals surface area contributed by atoms with Crippen molar-refractivity contribution >= 4 is 11.6 Å². The molecule has 0 unspecified atom stereocenters. The molecule has 0 saturated carbocycles. The molecule has 0 aliphatic heterocycles. The van der Waals surface area contributed by atoms with Gasteiger partial charge in [-0.05, 0) is 32.0 Å². The fraction of sp³-hybridized carbons (Fsp3) is 0.182. The quantitative estimate of drug-likeness (QED) is 0.620. The van der Waals surface area contributed by atoms with E-state index in [-0.39, 0.29) is 5.91 Å². The Morgan fingerprint density at radius 3 is 3.00 bits per heavy atom. The van der Waals surface area contributed by atoms with E-state index in [1.165, 1.54) is 0 Å². The van der Waals surface area contributed by atoms with E-state index in [1.54, 1.807) is 31.4 Å². The van der Waals surface area contributed by atoms with Gasteiger partial charge in [0.05, 0.1) is 6.26 Å². The molecule has 6 heteroatoms. The van der Waals surface area contributed by atoms with Gasteiger partial charge in [0, 0.05) is 5.69 Å². The average Bonchev–Trinajstić information content (AvgIpc) is 2.95. The molecule has 0 saturated heterocycles. The van der Waals surface area contributed by atoms with E-state index in [9.17, 15) is 4.79 Å². The van der Waals surface area contributed by atoms with Crippen molar-refractivity contribution in [2.24, 2.45) is 5.10 Å². The lowest BCUT2D eigenvalue weighted by atomic mass is 10.3. The topological polar surface area (TPSA) is 83.3 Å². The molecule has 1 amide bonds. The van der Waals surface area contributed by atoms with Crippen LogP contribution in [0.25, 0.3) is 0 Å². The molecule has 0 aliphatic rings. The summed E-state index contributed by atoms with van der Waals surface area (Å²) < 4.78 is 5.13. The SMILES string of the molecule is CC(=NNC(=O)c1cc(C)[nH]n1)c1ccco1. The molecule has 0 aromatic carbocycles. The zero-order valence-electron chi connectivity index (χ0n) is 9.52. The summed E-state index contributed by atoms with van der Waals surface area (Å²) in [7, 11) is 0. The molecule has 0 atom stereocenters. The second-order valence-corrected chi connectivity index (χ2v) is 3.55. The van der Waals surface area contributed by atoms with E-state index in [1.807, 2.05) is 6.92 Å². The monoisotopic (exact) mass is 232 g/mol. The number of hydrazone groups is 1. The van der Waals surface area contributed by atoms with Crippen molar-refractivity contribution in [2.75, 3.05) is 0 Å². The number of nitrogens with one attached hydrogen (secondary N) is 2. The van der Waals surface area contributed by atoms with Gasteiger partial charge in [0.15, 0.2) is 5.69 Å². The van der Waals surface area contributed by atoms with Crippen LogP contribution in [0.15, 0.2) is 34.0 Å². The van der Waals surface area contributed by atoms with Crippen LogP contribution in [0.3, 0.4) is 0 Å². The summed E-state index contributed by atoms with van der Waals surface area (Å²) in [6.45, 7) is 3.57. The summed E-state index contributed by atoms with van der Waals surface area (Å²) in [5, 5.41) is 10.4. The maximum atomic E-state index is 11.6. The van der Waals surface area contributed by atoms with Crippen molar-refractivity contribution in [3.8, 4) is 0 Å². The molecule has 2 heterocycles. The minimum atomic E-state index is -0.361. The highest BCUT2D eigenvalue weighted by Gasteiger charge is 2.08. The fourth-order valence-corrected chi connectivity index (χ4v) is 1.27. The minimum absolute atomic E-state index is 0.304. The van der Waals surface area contributed by atoms with Crippen LogP contribution in [0.1, 0.15) is 28.9 Å². The van der Waals surface area contributed by atoms with Gasteiger partial charge in [0.2, 0.25) is 0 Å². The Hall–Kier alpha value is -2.37. The standard InChI is InChI=1S/C11H12N4O2/c1-7-6-9(14-12-7)11(16)15-13-8(2)10-4-3-5-17-10/h3-6H,1-2H3,(H,12,14)(H,15,16). The Morgan fingerprint density at radius 1 is 1.59 bits per heavy atom. The number of rotatable bonds is 3.